The first-order valence-electron chi connectivity index (χ1n) is 8.81. The lowest BCUT2D eigenvalue weighted by Crippen LogP contribution is -2.51. The fourth-order valence-corrected chi connectivity index (χ4v) is 3.74. The van der Waals surface area contributed by atoms with Crippen LogP contribution >= 0.6 is 0 Å². The van der Waals surface area contributed by atoms with Crippen molar-refractivity contribution in [3.8, 4) is 0 Å². The summed E-state index contributed by atoms with van der Waals surface area (Å²) < 4.78 is 10.9. The molecule has 3 heterocycles. The molecule has 6 nitrogen and oxygen atoms in total. The van der Waals surface area contributed by atoms with Gasteiger partial charge in [0.2, 0.25) is 5.91 Å². The van der Waals surface area contributed by atoms with Gasteiger partial charge in [0.1, 0.15) is 17.4 Å². The predicted octanol–water partition coefficient (Wildman–Crippen LogP) is 2.20. The molecule has 1 aromatic heterocycles. The molecule has 0 saturated carbocycles. The number of hydrogen-bond acceptors (Lipinski definition) is 4. The van der Waals surface area contributed by atoms with Gasteiger partial charge in [0, 0.05) is 30.6 Å². The summed E-state index contributed by atoms with van der Waals surface area (Å²) in [4.78, 5) is 29.4. The Bertz CT molecular complexity index is 807. The Balaban J connectivity index is 1.55. The van der Waals surface area contributed by atoms with Crippen LogP contribution in [0, 0.1) is 6.92 Å². The zero-order valence-corrected chi connectivity index (χ0v) is 14.4. The number of ether oxygens (including phenoxy) is 1. The van der Waals surface area contributed by atoms with Gasteiger partial charge >= 0.3 is 0 Å². The van der Waals surface area contributed by atoms with Crippen molar-refractivity contribution in [1.29, 1.82) is 0 Å². The van der Waals surface area contributed by atoms with E-state index in [1.165, 1.54) is 0 Å². The fraction of sp³-hybridized carbons (Fsp3) is 0.474. The molecule has 2 saturated heterocycles. The molecule has 1 aromatic carbocycles. The lowest BCUT2D eigenvalue weighted by molar-refractivity contribution is -0.139. The van der Waals surface area contributed by atoms with E-state index in [-0.39, 0.29) is 17.9 Å². The van der Waals surface area contributed by atoms with Gasteiger partial charge in [-0.3, -0.25) is 9.59 Å². The second-order valence-corrected chi connectivity index (χ2v) is 6.70. The number of furan rings is 1. The smallest absolute Gasteiger partial charge is 0.254 e. The fourth-order valence-electron chi connectivity index (χ4n) is 3.74. The summed E-state index contributed by atoms with van der Waals surface area (Å²) in [5, 5.41) is 0.915. The minimum absolute atomic E-state index is 0.0504. The summed E-state index contributed by atoms with van der Waals surface area (Å²) in [7, 11) is 0. The highest BCUT2D eigenvalue weighted by molar-refractivity contribution is 6.00. The average Bonchev–Trinajstić information content (AvgIpc) is 3.26. The first kappa shape index (κ1) is 16.1. The highest BCUT2D eigenvalue weighted by atomic mass is 16.5. The van der Waals surface area contributed by atoms with Crippen LogP contribution in [0.25, 0.3) is 11.0 Å². The van der Waals surface area contributed by atoms with Crippen LogP contribution in [0.5, 0.6) is 0 Å². The Kier molecular flexibility index (Phi) is 4.21. The molecule has 6 heteroatoms. The molecule has 0 bridgehead atoms. The van der Waals surface area contributed by atoms with Crippen molar-refractivity contribution in [1.82, 2.24) is 9.80 Å². The van der Waals surface area contributed by atoms with E-state index in [0.717, 1.165) is 29.6 Å². The van der Waals surface area contributed by atoms with Crippen LogP contribution in [-0.2, 0) is 9.53 Å². The van der Waals surface area contributed by atoms with Crippen molar-refractivity contribution in [2.24, 2.45) is 0 Å². The molecule has 0 N–H and O–H groups in total. The number of carbonyl (C=O) groups is 2. The number of carbonyl (C=O) groups excluding carboxylic acids is 2. The molecular formula is C19H22N2O4. The summed E-state index contributed by atoms with van der Waals surface area (Å²) in [6.45, 7) is 4.88. The Labute approximate surface area is 146 Å². The summed E-state index contributed by atoms with van der Waals surface area (Å²) >= 11 is 0. The molecular weight excluding hydrogens is 320 g/mol. The van der Waals surface area contributed by atoms with Crippen molar-refractivity contribution < 1.29 is 18.7 Å². The zero-order chi connectivity index (χ0) is 17.4. The van der Waals surface area contributed by atoms with E-state index < -0.39 is 0 Å². The summed E-state index contributed by atoms with van der Waals surface area (Å²) in [6, 6.07) is 7.02. The summed E-state index contributed by atoms with van der Waals surface area (Å²) in [6.07, 6.45) is 1.59. The summed E-state index contributed by atoms with van der Waals surface area (Å²) in [5.41, 5.74) is 1.38. The van der Waals surface area contributed by atoms with E-state index in [0.29, 0.717) is 38.4 Å². The van der Waals surface area contributed by atoms with Crippen molar-refractivity contribution in [3.63, 3.8) is 0 Å². The number of morpholine rings is 1. The van der Waals surface area contributed by atoms with Gasteiger partial charge in [0.05, 0.1) is 13.2 Å². The van der Waals surface area contributed by atoms with Crippen LogP contribution in [0.15, 0.2) is 28.7 Å². The average molecular weight is 342 g/mol. The van der Waals surface area contributed by atoms with Crippen LogP contribution in [0.4, 0.5) is 0 Å². The molecule has 25 heavy (non-hydrogen) atoms. The first-order valence-corrected chi connectivity index (χ1v) is 8.81. The van der Waals surface area contributed by atoms with E-state index in [9.17, 15) is 9.59 Å². The number of amides is 2. The standard InChI is InChI=1S/C19H22N2O4/c1-13-11-15-12-14(4-5-17(15)25-13)18(22)21-6-2-3-16(21)19(23)20-7-9-24-10-8-20/h4-5,11-12,16H,2-3,6-10H2,1H3/t16-/m0/s1. The molecule has 0 aliphatic carbocycles. The van der Waals surface area contributed by atoms with Crippen molar-refractivity contribution in [2.75, 3.05) is 32.8 Å². The van der Waals surface area contributed by atoms with Crippen LogP contribution in [-0.4, -0.2) is 60.5 Å². The number of fused-ring (bicyclic) bond motifs is 1. The lowest BCUT2D eigenvalue weighted by Gasteiger charge is -2.32. The largest absolute Gasteiger partial charge is 0.461 e. The number of hydrogen-bond donors (Lipinski definition) is 0. The third-order valence-corrected chi connectivity index (χ3v) is 5.01. The minimum atomic E-state index is -0.354. The molecule has 2 amide bonds. The molecule has 0 unspecified atom stereocenters. The SMILES string of the molecule is Cc1cc2cc(C(=O)N3CCC[C@H]3C(=O)N3CCOCC3)ccc2o1. The number of rotatable bonds is 2. The maximum atomic E-state index is 13.0. The number of nitrogens with zero attached hydrogens (tertiary/aromatic N) is 2. The number of benzene rings is 1. The van der Waals surface area contributed by atoms with E-state index in [1.807, 2.05) is 30.0 Å². The van der Waals surface area contributed by atoms with Crippen LogP contribution in [0.3, 0.4) is 0 Å². The highest BCUT2D eigenvalue weighted by Crippen LogP contribution is 2.25. The van der Waals surface area contributed by atoms with Gasteiger partial charge in [0.25, 0.3) is 5.91 Å². The van der Waals surface area contributed by atoms with Gasteiger partial charge in [-0.1, -0.05) is 0 Å². The second-order valence-electron chi connectivity index (χ2n) is 6.70. The van der Waals surface area contributed by atoms with E-state index in [2.05, 4.69) is 0 Å². The van der Waals surface area contributed by atoms with E-state index in [1.54, 1.807) is 11.0 Å². The van der Waals surface area contributed by atoms with Gasteiger partial charge < -0.3 is 19.0 Å². The maximum Gasteiger partial charge on any atom is 0.254 e. The molecule has 0 spiro atoms. The van der Waals surface area contributed by atoms with Crippen LogP contribution in [0.2, 0.25) is 0 Å². The van der Waals surface area contributed by atoms with Crippen molar-refractivity contribution in [2.45, 2.75) is 25.8 Å². The zero-order valence-electron chi connectivity index (χ0n) is 14.4. The Morgan fingerprint density at radius 3 is 2.72 bits per heavy atom. The van der Waals surface area contributed by atoms with Crippen LogP contribution < -0.4 is 0 Å². The van der Waals surface area contributed by atoms with Gasteiger partial charge in [-0.2, -0.15) is 0 Å². The number of aryl methyl sites for hydroxylation is 1. The molecule has 2 fully saturated rings. The Hall–Kier alpha value is -2.34. The highest BCUT2D eigenvalue weighted by Gasteiger charge is 2.37. The van der Waals surface area contributed by atoms with Crippen molar-refractivity contribution in [3.05, 3.63) is 35.6 Å². The van der Waals surface area contributed by atoms with Gasteiger partial charge in [0.15, 0.2) is 0 Å². The lowest BCUT2D eigenvalue weighted by atomic mass is 10.1. The van der Waals surface area contributed by atoms with E-state index in [4.69, 9.17) is 9.15 Å². The minimum Gasteiger partial charge on any atom is -0.461 e. The molecule has 0 radical (unpaired) electrons. The second kappa shape index (κ2) is 6.52. The first-order chi connectivity index (χ1) is 12.1. The topological polar surface area (TPSA) is 63.0 Å². The van der Waals surface area contributed by atoms with Gasteiger partial charge in [-0.15, -0.1) is 0 Å². The third-order valence-electron chi connectivity index (χ3n) is 5.01. The quantitative estimate of drug-likeness (QED) is 0.839. The number of likely N-dealkylation sites (tertiary alicyclic amines) is 1. The molecule has 2 aliphatic rings. The predicted molar refractivity (Wildman–Crippen MR) is 92.4 cm³/mol. The molecule has 4 rings (SSSR count). The van der Waals surface area contributed by atoms with Gasteiger partial charge in [-0.05, 0) is 44.0 Å². The monoisotopic (exact) mass is 342 g/mol. The Morgan fingerprint density at radius 2 is 1.92 bits per heavy atom. The molecule has 2 aromatic rings. The molecule has 1 atom stereocenters. The molecule has 132 valence electrons. The third kappa shape index (κ3) is 3.02. The Morgan fingerprint density at radius 1 is 1.12 bits per heavy atom. The van der Waals surface area contributed by atoms with Gasteiger partial charge in [-0.25, -0.2) is 0 Å². The summed E-state index contributed by atoms with van der Waals surface area (Å²) in [5.74, 6) is 0.792. The maximum absolute atomic E-state index is 13.0. The van der Waals surface area contributed by atoms with Crippen LogP contribution in [0.1, 0.15) is 29.0 Å². The normalized spacial score (nSPS) is 21.1. The van der Waals surface area contributed by atoms with E-state index >= 15 is 0 Å². The van der Waals surface area contributed by atoms with Crippen molar-refractivity contribution >= 4 is 22.8 Å². The molecule has 2 aliphatic heterocycles.